The predicted molar refractivity (Wildman–Crippen MR) is 74.8 cm³/mol. The molecule has 0 saturated heterocycles. The van der Waals surface area contributed by atoms with Crippen molar-refractivity contribution in [2.75, 3.05) is 0 Å². The first-order valence-corrected chi connectivity index (χ1v) is 7.64. The van der Waals surface area contributed by atoms with Crippen LogP contribution in [0.4, 0.5) is 8.78 Å². The van der Waals surface area contributed by atoms with Crippen LogP contribution in [-0.2, 0) is 6.61 Å². The quantitative estimate of drug-likeness (QED) is 0.861. The number of halogens is 2. The monoisotopic (exact) mass is 311 g/mol. The highest BCUT2D eigenvalue weighted by Crippen LogP contribution is 2.42. The molecule has 0 bridgehead atoms. The number of benzene rings is 1. The number of thioether (sulfide) groups is 1. The van der Waals surface area contributed by atoms with Gasteiger partial charge in [0, 0.05) is 16.9 Å². The molecule has 1 atom stereocenters. The van der Waals surface area contributed by atoms with Crippen LogP contribution in [0.25, 0.3) is 0 Å². The van der Waals surface area contributed by atoms with Gasteiger partial charge < -0.3 is 9.67 Å². The van der Waals surface area contributed by atoms with E-state index in [1.807, 2.05) is 4.57 Å². The smallest absolute Gasteiger partial charge is 0.192 e. The van der Waals surface area contributed by atoms with Gasteiger partial charge in [-0.2, -0.15) is 0 Å². The zero-order valence-corrected chi connectivity index (χ0v) is 12.3. The average molecular weight is 311 g/mol. The largest absolute Gasteiger partial charge is 0.388 e. The van der Waals surface area contributed by atoms with Crippen LogP contribution >= 0.6 is 11.8 Å². The van der Waals surface area contributed by atoms with Crippen molar-refractivity contribution in [2.24, 2.45) is 0 Å². The Balaban J connectivity index is 1.86. The molecule has 1 aromatic heterocycles. The minimum Gasteiger partial charge on any atom is -0.388 e. The predicted octanol–water partition coefficient (Wildman–Crippen LogP) is 3.24. The van der Waals surface area contributed by atoms with Crippen molar-refractivity contribution in [2.45, 2.75) is 42.8 Å². The highest BCUT2D eigenvalue weighted by atomic mass is 32.2. The lowest BCUT2D eigenvalue weighted by atomic mass is 10.1. The molecule has 0 aliphatic heterocycles. The van der Waals surface area contributed by atoms with Gasteiger partial charge in [0.2, 0.25) is 0 Å². The molecule has 0 spiro atoms. The third-order valence-corrected chi connectivity index (χ3v) is 4.56. The lowest BCUT2D eigenvalue weighted by Crippen LogP contribution is -2.04. The Morgan fingerprint density at radius 2 is 2.14 bits per heavy atom. The van der Waals surface area contributed by atoms with Crippen LogP contribution in [-0.4, -0.2) is 19.9 Å². The zero-order valence-electron chi connectivity index (χ0n) is 11.5. The number of hydrogen-bond acceptors (Lipinski definition) is 4. The molecule has 112 valence electrons. The van der Waals surface area contributed by atoms with E-state index in [1.165, 1.54) is 17.8 Å². The highest BCUT2D eigenvalue weighted by Gasteiger charge is 2.30. The molecule has 1 saturated carbocycles. The molecule has 21 heavy (non-hydrogen) atoms. The van der Waals surface area contributed by atoms with Crippen molar-refractivity contribution >= 4 is 11.8 Å². The molecular formula is C14H15F2N3OS. The molecule has 1 heterocycles. The van der Waals surface area contributed by atoms with Gasteiger partial charge in [-0.3, -0.25) is 0 Å². The second kappa shape index (κ2) is 5.73. The van der Waals surface area contributed by atoms with Gasteiger partial charge in [0.1, 0.15) is 18.2 Å². The number of aromatic nitrogens is 3. The summed E-state index contributed by atoms with van der Waals surface area (Å²) in [5, 5.41) is 17.7. The topological polar surface area (TPSA) is 50.9 Å². The number of aliphatic hydroxyl groups is 1. The second-order valence-corrected chi connectivity index (χ2v) is 6.39. The summed E-state index contributed by atoms with van der Waals surface area (Å²) in [4.78, 5) is 0. The molecule has 4 nitrogen and oxygen atoms in total. The van der Waals surface area contributed by atoms with Gasteiger partial charge in [-0.05, 0) is 38.0 Å². The summed E-state index contributed by atoms with van der Waals surface area (Å²) in [6.07, 6.45) is 2.06. The van der Waals surface area contributed by atoms with Gasteiger partial charge in [0.05, 0.1) is 0 Å². The summed E-state index contributed by atoms with van der Waals surface area (Å²) < 4.78 is 29.0. The lowest BCUT2D eigenvalue weighted by Gasteiger charge is -2.13. The minimum atomic E-state index is -0.460. The summed E-state index contributed by atoms with van der Waals surface area (Å²) in [5.41, 5.74) is 0.302. The van der Waals surface area contributed by atoms with E-state index in [-0.39, 0.29) is 11.9 Å². The fraction of sp³-hybridized carbons (Fsp3) is 0.429. The van der Waals surface area contributed by atoms with Crippen molar-refractivity contribution < 1.29 is 13.9 Å². The maximum Gasteiger partial charge on any atom is 0.192 e. The van der Waals surface area contributed by atoms with Crippen LogP contribution in [0, 0.1) is 11.6 Å². The Bertz CT molecular complexity index is 658. The van der Waals surface area contributed by atoms with Gasteiger partial charge in [-0.25, -0.2) is 8.78 Å². The molecule has 2 aromatic rings. The van der Waals surface area contributed by atoms with E-state index in [0.717, 1.165) is 25.0 Å². The van der Waals surface area contributed by atoms with E-state index >= 15 is 0 Å². The molecule has 1 aliphatic carbocycles. The maximum atomic E-state index is 13.8. The third-order valence-electron chi connectivity index (χ3n) is 3.47. The number of nitrogens with zero attached hydrogens (tertiary/aromatic N) is 3. The van der Waals surface area contributed by atoms with Crippen molar-refractivity contribution in [3.63, 3.8) is 0 Å². The van der Waals surface area contributed by atoms with E-state index in [1.54, 1.807) is 6.92 Å². The van der Waals surface area contributed by atoms with Crippen LogP contribution in [0.1, 0.15) is 42.4 Å². The molecule has 1 aliphatic rings. The third kappa shape index (κ3) is 2.94. The standard InChI is InChI=1S/C14H15F2N3OS/c1-8(11-6-9(15)2-5-12(11)16)21-14-18-17-13(7-20)19(14)10-3-4-10/h2,5-6,8,10,20H,3-4,7H2,1H3. The first kappa shape index (κ1) is 14.5. The van der Waals surface area contributed by atoms with Gasteiger partial charge in [0.15, 0.2) is 11.0 Å². The summed E-state index contributed by atoms with van der Waals surface area (Å²) in [6.45, 7) is 1.62. The molecular weight excluding hydrogens is 296 g/mol. The van der Waals surface area contributed by atoms with Crippen LogP contribution in [0.3, 0.4) is 0 Å². The molecule has 0 radical (unpaired) electrons. The normalized spacial score (nSPS) is 16.2. The Kier molecular flexibility index (Phi) is 3.95. The van der Waals surface area contributed by atoms with Crippen LogP contribution in [0.5, 0.6) is 0 Å². The van der Waals surface area contributed by atoms with Gasteiger partial charge >= 0.3 is 0 Å². The maximum absolute atomic E-state index is 13.8. The number of rotatable bonds is 5. The SMILES string of the molecule is CC(Sc1nnc(CO)n1C1CC1)c1cc(F)ccc1F. The summed E-state index contributed by atoms with van der Waals surface area (Å²) in [6, 6.07) is 3.76. The Morgan fingerprint density at radius 1 is 1.38 bits per heavy atom. The van der Waals surface area contributed by atoms with E-state index in [9.17, 15) is 13.9 Å². The molecule has 0 amide bonds. The average Bonchev–Trinajstić information content (AvgIpc) is 3.23. The fourth-order valence-electron chi connectivity index (χ4n) is 2.24. The minimum absolute atomic E-state index is 0.174. The molecule has 1 N–H and O–H groups in total. The summed E-state index contributed by atoms with van der Waals surface area (Å²) >= 11 is 1.32. The van der Waals surface area contributed by atoms with Crippen LogP contribution < -0.4 is 0 Å². The van der Waals surface area contributed by atoms with E-state index in [0.29, 0.717) is 22.6 Å². The Morgan fingerprint density at radius 3 is 2.81 bits per heavy atom. The summed E-state index contributed by atoms with van der Waals surface area (Å²) in [5.74, 6) is -0.373. The van der Waals surface area contributed by atoms with Crippen LogP contribution in [0.15, 0.2) is 23.4 Å². The first-order valence-electron chi connectivity index (χ1n) is 6.76. The van der Waals surface area contributed by atoms with Gasteiger partial charge in [-0.1, -0.05) is 11.8 Å². The van der Waals surface area contributed by atoms with Gasteiger partial charge in [0.25, 0.3) is 0 Å². The molecule has 3 rings (SSSR count). The van der Waals surface area contributed by atoms with Gasteiger partial charge in [-0.15, -0.1) is 10.2 Å². The van der Waals surface area contributed by atoms with E-state index < -0.39 is 11.6 Å². The van der Waals surface area contributed by atoms with Crippen LogP contribution in [0.2, 0.25) is 0 Å². The number of hydrogen-bond donors (Lipinski definition) is 1. The molecule has 1 fully saturated rings. The van der Waals surface area contributed by atoms with Crippen molar-refractivity contribution in [1.82, 2.24) is 14.8 Å². The Hall–Kier alpha value is -1.47. The molecule has 1 unspecified atom stereocenters. The van der Waals surface area contributed by atoms with Crippen molar-refractivity contribution in [1.29, 1.82) is 0 Å². The molecule has 1 aromatic carbocycles. The lowest BCUT2D eigenvalue weighted by molar-refractivity contribution is 0.263. The zero-order chi connectivity index (χ0) is 15.0. The highest BCUT2D eigenvalue weighted by molar-refractivity contribution is 7.99. The summed E-state index contributed by atoms with van der Waals surface area (Å²) in [7, 11) is 0. The Labute approximate surface area is 125 Å². The van der Waals surface area contributed by atoms with Crippen molar-refractivity contribution in [3.05, 3.63) is 41.2 Å². The van der Waals surface area contributed by atoms with Crippen molar-refractivity contribution in [3.8, 4) is 0 Å². The number of aliphatic hydroxyl groups excluding tert-OH is 1. The first-order chi connectivity index (χ1) is 10.1. The fourth-order valence-corrected chi connectivity index (χ4v) is 3.32. The molecule has 7 heteroatoms. The van der Waals surface area contributed by atoms with E-state index in [2.05, 4.69) is 10.2 Å². The van der Waals surface area contributed by atoms with E-state index in [4.69, 9.17) is 0 Å². The second-order valence-electron chi connectivity index (χ2n) is 5.08.